The van der Waals surface area contributed by atoms with Crippen molar-refractivity contribution >= 4 is 34.5 Å². The molecule has 2 rings (SSSR count). The highest BCUT2D eigenvalue weighted by molar-refractivity contribution is 8.13. The summed E-state index contributed by atoms with van der Waals surface area (Å²) in [5, 5.41) is 2.59. The minimum Gasteiger partial charge on any atom is -0.336 e. The zero-order valence-corrected chi connectivity index (χ0v) is 13.6. The smallest absolute Gasteiger partial charge is 0.281 e. The zero-order chi connectivity index (χ0) is 16.8. The number of nitrogens with zero attached hydrogens (tertiary/aromatic N) is 2. The summed E-state index contributed by atoms with van der Waals surface area (Å²) in [6.45, 7) is 0.930. The monoisotopic (exact) mass is 339 g/mol. The lowest BCUT2D eigenvalue weighted by Gasteiger charge is -2.19. The van der Waals surface area contributed by atoms with Gasteiger partial charge in [0.05, 0.1) is 6.54 Å². The van der Waals surface area contributed by atoms with Gasteiger partial charge in [0.25, 0.3) is 5.24 Å². The average Bonchev–Trinajstić information content (AvgIpc) is 2.92. The topological polar surface area (TPSA) is 69.7 Å². The van der Waals surface area contributed by atoms with E-state index in [4.69, 9.17) is 0 Å². The molecular formula is C15H18FN3O3S. The molecule has 1 fully saturated rings. The molecule has 0 radical (unpaired) electrons. The van der Waals surface area contributed by atoms with Gasteiger partial charge in [-0.05, 0) is 24.3 Å². The Morgan fingerprint density at radius 2 is 2.04 bits per heavy atom. The van der Waals surface area contributed by atoms with Crippen LogP contribution in [0.4, 0.5) is 14.9 Å². The van der Waals surface area contributed by atoms with Gasteiger partial charge < -0.3 is 15.1 Å². The van der Waals surface area contributed by atoms with E-state index in [0.717, 1.165) is 5.75 Å². The fourth-order valence-electron chi connectivity index (χ4n) is 2.09. The average molecular weight is 339 g/mol. The molecule has 1 saturated heterocycles. The highest BCUT2D eigenvalue weighted by Crippen LogP contribution is 2.17. The van der Waals surface area contributed by atoms with Gasteiger partial charge in [-0.2, -0.15) is 0 Å². The fourth-order valence-corrected chi connectivity index (χ4v) is 2.94. The molecule has 0 spiro atoms. The van der Waals surface area contributed by atoms with E-state index in [-0.39, 0.29) is 35.8 Å². The maximum atomic E-state index is 12.8. The number of halogens is 1. The summed E-state index contributed by atoms with van der Waals surface area (Å²) in [4.78, 5) is 38.2. The number of carbonyl (C=O) groups is 3. The van der Waals surface area contributed by atoms with Crippen molar-refractivity contribution < 1.29 is 18.8 Å². The van der Waals surface area contributed by atoms with Crippen LogP contribution in [0.2, 0.25) is 0 Å². The molecule has 6 nitrogen and oxygen atoms in total. The van der Waals surface area contributed by atoms with Crippen molar-refractivity contribution in [3.05, 3.63) is 30.1 Å². The largest absolute Gasteiger partial charge is 0.336 e. The summed E-state index contributed by atoms with van der Waals surface area (Å²) >= 11 is 1.25. The first-order valence-electron chi connectivity index (χ1n) is 7.17. The maximum Gasteiger partial charge on any atom is 0.281 e. The normalized spacial score (nSPS) is 14.0. The summed E-state index contributed by atoms with van der Waals surface area (Å²) in [5.74, 6) is -0.197. The number of hydrogen-bond acceptors (Lipinski definition) is 4. The van der Waals surface area contributed by atoms with Crippen molar-refractivity contribution in [2.75, 3.05) is 37.8 Å². The molecule has 8 heteroatoms. The molecule has 23 heavy (non-hydrogen) atoms. The van der Waals surface area contributed by atoms with Crippen LogP contribution in [-0.2, 0) is 9.59 Å². The third-order valence-electron chi connectivity index (χ3n) is 3.38. The van der Waals surface area contributed by atoms with Crippen LogP contribution < -0.4 is 5.32 Å². The lowest BCUT2D eigenvalue weighted by atomic mass is 10.3. The molecule has 1 heterocycles. The van der Waals surface area contributed by atoms with Crippen LogP contribution in [0.5, 0.6) is 0 Å². The molecule has 0 atom stereocenters. The number of thioether (sulfide) groups is 1. The molecule has 1 N–H and O–H groups in total. The van der Waals surface area contributed by atoms with E-state index >= 15 is 0 Å². The molecule has 0 bridgehead atoms. The summed E-state index contributed by atoms with van der Waals surface area (Å²) in [6, 6.07) is 5.39. The van der Waals surface area contributed by atoms with Crippen LogP contribution >= 0.6 is 11.8 Å². The second kappa shape index (κ2) is 7.96. The van der Waals surface area contributed by atoms with E-state index in [9.17, 15) is 18.8 Å². The third-order valence-corrected chi connectivity index (χ3v) is 4.27. The predicted octanol–water partition coefficient (Wildman–Crippen LogP) is 1.78. The summed E-state index contributed by atoms with van der Waals surface area (Å²) in [5.41, 5.74) is 0.469. The van der Waals surface area contributed by atoms with Crippen molar-refractivity contribution in [3.8, 4) is 0 Å². The fraction of sp³-hybridized carbons (Fsp3) is 0.400. The predicted molar refractivity (Wildman–Crippen MR) is 86.7 cm³/mol. The minimum absolute atomic E-state index is 0.00509. The highest BCUT2D eigenvalue weighted by atomic mass is 32.2. The molecule has 1 aliphatic rings. The van der Waals surface area contributed by atoms with Crippen LogP contribution in [0.3, 0.4) is 0 Å². The van der Waals surface area contributed by atoms with Crippen LogP contribution in [0.1, 0.15) is 6.42 Å². The number of hydrogen-bond donors (Lipinski definition) is 1. The number of rotatable bonds is 6. The Kier molecular flexibility index (Phi) is 5.97. The molecule has 0 aromatic heterocycles. The number of carbonyl (C=O) groups excluding carboxylic acids is 3. The number of likely N-dealkylation sites (N-methyl/N-ethyl adjacent to an activating group) is 1. The number of benzene rings is 1. The first kappa shape index (κ1) is 17.3. The van der Waals surface area contributed by atoms with Crippen molar-refractivity contribution in [3.63, 3.8) is 0 Å². The SMILES string of the molecule is CN(CC(=O)Nc1ccc(F)cc1)C(=O)CCN1CCSC1=O. The molecule has 3 amide bonds. The van der Waals surface area contributed by atoms with Gasteiger partial charge in [0.1, 0.15) is 5.82 Å². The lowest BCUT2D eigenvalue weighted by molar-refractivity contribution is -0.133. The van der Waals surface area contributed by atoms with Gasteiger partial charge in [-0.1, -0.05) is 11.8 Å². The Balaban J connectivity index is 1.75. The number of amides is 3. The second-order valence-electron chi connectivity index (χ2n) is 5.16. The molecule has 1 aromatic carbocycles. The Bertz CT molecular complexity index is 594. The third kappa shape index (κ3) is 5.24. The van der Waals surface area contributed by atoms with E-state index in [1.165, 1.54) is 48.0 Å². The first-order chi connectivity index (χ1) is 11.0. The molecule has 0 aliphatic carbocycles. The van der Waals surface area contributed by atoms with Crippen LogP contribution in [0.25, 0.3) is 0 Å². The van der Waals surface area contributed by atoms with Gasteiger partial charge in [0.2, 0.25) is 11.8 Å². The van der Waals surface area contributed by atoms with Crippen molar-refractivity contribution in [2.45, 2.75) is 6.42 Å². The van der Waals surface area contributed by atoms with E-state index in [1.807, 2.05) is 0 Å². The molecule has 0 unspecified atom stereocenters. The number of nitrogens with one attached hydrogen (secondary N) is 1. The summed E-state index contributed by atoms with van der Waals surface area (Å²) in [6.07, 6.45) is 0.187. The minimum atomic E-state index is -0.384. The van der Waals surface area contributed by atoms with Crippen LogP contribution in [-0.4, -0.2) is 59.3 Å². The van der Waals surface area contributed by atoms with Gasteiger partial charge >= 0.3 is 0 Å². The van der Waals surface area contributed by atoms with Crippen molar-refractivity contribution in [1.82, 2.24) is 9.80 Å². The first-order valence-corrected chi connectivity index (χ1v) is 8.15. The maximum absolute atomic E-state index is 12.8. The van der Waals surface area contributed by atoms with E-state index in [1.54, 1.807) is 4.90 Å². The molecule has 1 aromatic rings. The lowest BCUT2D eigenvalue weighted by Crippen LogP contribution is -2.37. The van der Waals surface area contributed by atoms with E-state index in [0.29, 0.717) is 18.8 Å². The standard InChI is InChI=1S/C15H18FN3O3S/c1-18(14(21)6-7-19-8-9-23-15(19)22)10-13(20)17-12-4-2-11(16)3-5-12/h2-5H,6-10H2,1H3,(H,17,20). The Morgan fingerprint density at radius 3 is 2.65 bits per heavy atom. The molecule has 124 valence electrons. The van der Waals surface area contributed by atoms with Crippen molar-refractivity contribution in [1.29, 1.82) is 0 Å². The Hall–Kier alpha value is -2.09. The molecule has 1 aliphatic heterocycles. The summed E-state index contributed by atoms with van der Waals surface area (Å²) in [7, 11) is 1.53. The second-order valence-corrected chi connectivity index (χ2v) is 6.20. The zero-order valence-electron chi connectivity index (χ0n) is 12.8. The highest BCUT2D eigenvalue weighted by Gasteiger charge is 2.22. The van der Waals surface area contributed by atoms with Gasteiger partial charge in [-0.15, -0.1) is 0 Å². The molecular weight excluding hydrogens is 321 g/mol. The van der Waals surface area contributed by atoms with E-state index < -0.39 is 0 Å². The Morgan fingerprint density at radius 1 is 1.35 bits per heavy atom. The molecule has 0 saturated carbocycles. The number of anilines is 1. The van der Waals surface area contributed by atoms with Crippen LogP contribution in [0.15, 0.2) is 24.3 Å². The van der Waals surface area contributed by atoms with Gasteiger partial charge in [-0.3, -0.25) is 14.4 Å². The van der Waals surface area contributed by atoms with Gasteiger partial charge in [0, 0.05) is 38.0 Å². The quantitative estimate of drug-likeness (QED) is 0.858. The van der Waals surface area contributed by atoms with E-state index in [2.05, 4.69) is 5.32 Å². The Labute approximate surface area is 138 Å². The summed E-state index contributed by atoms with van der Waals surface area (Å²) < 4.78 is 12.8. The van der Waals surface area contributed by atoms with Gasteiger partial charge in [-0.25, -0.2) is 4.39 Å². The van der Waals surface area contributed by atoms with Crippen molar-refractivity contribution in [2.24, 2.45) is 0 Å². The van der Waals surface area contributed by atoms with Gasteiger partial charge in [0.15, 0.2) is 0 Å². The van der Waals surface area contributed by atoms with Crippen LogP contribution in [0, 0.1) is 5.82 Å².